The number of benzene rings is 2. The van der Waals surface area contributed by atoms with Crippen molar-refractivity contribution in [3.05, 3.63) is 59.7 Å². The molecule has 0 aliphatic heterocycles. The Hall–Kier alpha value is -2.07. The molecule has 1 nitrogen and oxygen atoms in total. The average molecular weight is 253 g/mol. The van der Waals surface area contributed by atoms with Crippen molar-refractivity contribution in [2.75, 3.05) is 0 Å². The molecule has 2 aromatic carbocycles. The first kappa shape index (κ1) is 16.9. The van der Waals surface area contributed by atoms with Crippen LogP contribution in [0.3, 0.4) is 0 Å². The summed E-state index contributed by atoms with van der Waals surface area (Å²) in [6.45, 7) is 10.1. The zero-order valence-electron chi connectivity index (χ0n) is 12.6. The highest BCUT2D eigenvalue weighted by atomic mass is 14.2. The molecule has 0 aliphatic carbocycles. The highest BCUT2D eigenvalue weighted by molar-refractivity contribution is 5.70. The molecule has 0 N–H and O–H groups in total. The number of nitriles is 1. The van der Waals surface area contributed by atoms with Crippen LogP contribution in [0.25, 0.3) is 11.1 Å². The summed E-state index contributed by atoms with van der Waals surface area (Å²) in [5.41, 5.74) is 4.05. The fraction of sp³-hybridized carbons (Fsp3) is 0.278. The number of nitrogens with zero attached hydrogens (tertiary/aromatic N) is 1. The number of aryl methyl sites for hydroxylation is 1. The molecule has 2 aromatic rings. The van der Waals surface area contributed by atoms with Gasteiger partial charge in [-0.2, -0.15) is 5.26 Å². The predicted octanol–water partition coefficient (Wildman–Crippen LogP) is 5.59. The van der Waals surface area contributed by atoms with Gasteiger partial charge in [-0.1, -0.05) is 75.7 Å². The zero-order valence-corrected chi connectivity index (χ0v) is 12.6. The van der Waals surface area contributed by atoms with Crippen molar-refractivity contribution in [2.24, 2.45) is 0 Å². The summed E-state index contributed by atoms with van der Waals surface area (Å²) in [6.07, 6.45) is 0. The maximum Gasteiger partial charge on any atom is 0.0998 e. The van der Waals surface area contributed by atoms with Gasteiger partial charge in [-0.25, -0.2) is 0 Å². The second-order valence-electron chi connectivity index (χ2n) is 3.52. The Morgan fingerprint density at radius 1 is 0.789 bits per heavy atom. The minimum absolute atomic E-state index is 0.723. The van der Waals surface area contributed by atoms with Crippen molar-refractivity contribution >= 4 is 0 Å². The van der Waals surface area contributed by atoms with E-state index in [2.05, 4.69) is 25.1 Å². The van der Waals surface area contributed by atoms with E-state index >= 15 is 0 Å². The Morgan fingerprint density at radius 3 is 1.84 bits per heavy atom. The van der Waals surface area contributed by atoms with E-state index in [4.69, 9.17) is 5.26 Å². The van der Waals surface area contributed by atoms with Gasteiger partial charge in [0, 0.05) is 0 Å². The lowest BCUT2D eigenvalue weighted by molar-refractivity contribution is 1.45. The minimum atomic E-state index is 0.723. The van der Waals surface area contributed by atoms with E-state index in [1.807, 2.05) is 64.1 Å². The standard InChI is InChI=1S/C14H11N.2C2H6/c1-11-6-8-12(9-7-11)14-5-3-2-4-13(14)10-15;2*1-2/h2-9H,1H3;2*1-2H3. The summed E-state index contributed by atoms with van der Waals surface area (Å²) < 4.78 is 0. The lowest BCUT2D eigenvalue weighted by atomic mass is 10.00. The van der Waals surface area contributed by atoms with E-state index < -0.39 is 0 Å². The smallest absolute Gasteiger partial charge is 0.0998 e. The van der Waals surface area contributed by atoms with E-state index in [0.29, 0.717) is 0 Å². The Balaban J connectivity index is 0.000000741. The summed E-state index contributed by atoms with van der Waals surface area (Å²) in [5, 5.41) is 8.98. The first-order valence-electron chi connectivity index (χ1n) is 6.87. The highest BCUT2D eigenvalue weighted by Crippen LogP contribution is 2.23. The first-order valence-corrected chi connectivity index (χ1v) is 6.87. The van der Waals surface area contributed by atoms with Crippen molar-refractivity contribution < 1.29 is 0 Å². The van der Waals surface area contributed by atoms with E-state index in [1.165, 1.54) is 5.56 Å². The maximum absolute atomic E-state index is 8.98. The molecule has 19 heavy (non-hydrogen) atoms. The monoisotopic (exact) mass is 253 g/mol. The minimum Gasteiger partial charge on any atom is -0.192 e. The SMILES string of the molecule is CC.CC.Cc1ccc(-c2ccccc2C#N)cc1. The maximum atomic E-state index is 8.98. The molecule has 0 amide bonds. The molecule has 0 unspecified atom stereocenters. The first-order chi connectivity index (χ1) is 9.31. The topological polar surface area (TPSA) is 23.8 Å². The van der Waals surface area contributed by atoms with Gasteiger partial charge in [0.1, 0.15) is 0 Å². The number of hydrogen-bond acceptors (Lipinski definition) is 1. The molecule has 2 rings (SSSR count). The Morgan fingerprint density at radius 2 is 1.32 bits per heavy atom. The molecule has 0 saturated carbocycles. The lowest BCUT2D eigenvalue weighted by Crippen LogP contribution is -1.83. The van der Waals surface area contributed by atoms with Crippen LogP contribution in [-0.2, 0) is 0 Å². The van der Waals surface area contributed by atoms with Crippen molar-refractivity contribution in [1.29, 1.82) is 5.26 Å². The Labute approximate surface area is 117 Å². The Kier molecular flexibility index (Phi) is 8.83. The lowest BCUT2D eigenvalue weighted by Gasteiger charge is -2.03. The van der Waals surface area contributed by atoms with Crippen molar-refractivity contribution in [1.82, 2.24) is 0 Å². The van der Waals surface area contributed by atoms with Crippen LogP contribution in [0.15, 0.2) is 48.5 Å². The van der Waals surface area contributed by atoms with Crippen LogP contribution in [0, 0.1) is 18.3 Å². The summed E-state index contributed by atoms with van der Waals surface area (Å²) in [7, 11) is 0. The third-order valence-electron chi connectivity index (χ3n) is 2.41. The van der Waals surface area contributed by atoms with Crippen LogP contribution in [0.5, 0.6) is 0 Å². The van der Waals surface area contributed by atoms with Crippen LogP contribution in [0.2, 0.25) is 0 Å². The quantitative estimate of drug-likeness (QED) is 0.650. The summed E-state index contributed by atoms with van der Waals surface area (Å²) in [6, 6.07) is 18.1. The molecule has 1 heteroatoms. The third kappa shape index (κ3) is 4.97. The largest absolute Gasteiger partial charge is 0.192 e. The number of rotatable bonds is 1. The van der Waals surface area contributed by atoms with Gasteiger partial charge in [0.15, 0.2) is 0 Å². The van der Waals surface area contributed by atoms with Crippen molar-refractivity contribution in [3.63, 3.8) is 0 Å². The predicted molar refractivity (Wildman–Crippen MR) is 84.0 cm³/mol. The normalized spacial score (nSPS) is 8.21. The summed E-state index contributed by atoms with van der Waals surface area (Å²) in [5.74, 6) is 0. The molecular weight excluding hydrogens is 230 g/mol. The third-order valence-corrected chi connectivity index (χ3v) is 2.41. The van der Waals surface area contributed by atoms with Gasteiger partial charge in [-0.15, -0.1) is 0 Å². The molecule has 100 valence electrons. The van der Waals surface area contributed by atoms with E-state index in [9.17, 15) is 0 Å². The van der Waals surface area contributed by atoms with Gasteiger partial charge >= 0.3 is 0 Å². The van der Waals surface area contributed by atoms with E-state index in [1.54, 1.807) is 0 Å². The van der Waals surface area contributed by atoms with Crippen LogP contribution in [0.1, 0.15) is 38.8 Å². The van der Waals surface area contributed by atoms with Gasteiger partial charge in [0.05, 0.1) is 11.6 Å². The van der Waals surface area contributed by atoms with Gasteiger partial charge in [0.2, 0.25) is 0 Å². The van der Waals surface area contributed by atoms with Crippen LogP contribution >= 0.6 is 0 Å². The van der Waals surface area contributed by atoms with Gasteiger partial charge in [0.25, 0.3) is 0 Å². The fourth-order valence-corrected chi connectivity index (χ4v) is 1.57. The van der Waals surface area contributed by atoms with Gasteiger partial charge in [-0.05, 0) is 24.1 Å². The fourth-order valence-electron chi connectivity index (χ4n) is 1.57. The zero-order chi connectivity index (χ0) is 14.7. The van der Waals surface area contributed by atoms with Gasteiger partial charge in [-0.3, -0.25) is 0 Å². The molecule has 0 spiro atoms. The molecule has 0 atom stereocenters. The molecular formula is C18H23N. The summed E-state index contributed by atoms with van der Waals surface area (Å²) in [4.78, 5) is 0. The molecule has 0 aromatic heterocycles. The van der Waals surface area contributed by atoms with Crippen molar-refractivity contribution in [3.8, 4) is 17.2 Å². The average Bonchev–Trinajstić information content (AvgIpc) is 2.52. The van der Waals surface area contributed by atoms with Crippen LogP contribution < -0.4 is 0 Å². The molecule has 0 bridgehead atoms. The van der Waals surface area contributed by atoms with Crippen LogP contribution in [0.4, 0.5) is 0 Å². The van der Waals surface area contributed by atoms with E-state index in [-0.39, 0.29) is 0 Å². The number of hydrogen-bond donors (Lipinski definition) is 0. The molecule has 0 heterocycles. The molecule has 0 saturated heterocycles. The molecule has 0 aliphatic rings. The van der Waals surface area contributed by atoms with Gasteiger partial charge < -0.3 is 0 Å². The molecule has 0 radical (unpaired) electrons. The highest BCUT2D eigenvalue weighted by Gasteiger charge is 2.02. The summed E-state index contributed by atoms with van der Waals surface area (Å²) >= 11 is 0. The second kappa shape index (κ2) is 9.91. The second-order valence-corrected chi connectivity index (χ2v) is 3.52. The van der Waals surface area contributed by atoms with Crippen LogP contribution in [-0.4, -0.2) is 0 Å². The van der Waals surface area contributed by atoms with Crippen molar-refractivity contribution in [2.45, 2.75) is 34.6 Å². The molecule has 0 fully saturated rings. The Bertz CT molecular complexity index is 504. The van der Waals surface area contributed by atoms with E-state index in [0.717, 1.165) is 16.7 Å².